The highest BCUT2D eigenvalue weighted by Gasteiger charge is 2.32. The van der Waals surface area contributed by atoms with Crippen LogP contribution in [0.1, 0.15) is 39.0 Å². The molecule has 0 bridgehead atoms. The van der Waals surface area contributed by atoms with Gasteiger partial charge in [0.05, 0.1) is 5.75 Å². The van der Waals surface area contributed by atoms with E-state index < -0.39 is 9.84 Å². The van der Waals surface area contributed by atoms with Gasteiger partial charge >= 0.3 is 0 Å². The summed E-state index contributed by atoms with van der Waals surface area (Å²) >= 11 is 0. The van der Waals surface area contributed by atoms with E-state index in [9.17, 15) is 8.42 Å². The van der Waals surface area contributed by atoms with Crippen LogP contribution in [0.2, 0.25) is 0 Å². The Labute approximate surface area is 111 Å². The Morgan fingerprint density at radius 2 is 2.11 bits per heavy atom. The van der Waals surface area contributed by atoms with Crippen LogP contribution in [0.3, 0.4) is 0 Å². The van der Waals surface area contributed by atoms with Crippen molar-refractivity contribution < 1.29 is 8.42 Å². The second-order valence-electron chi connectivity index (χ2n) is 5.54. The lowest BCUT2D eigenvalue weighted by Crippen LogP contribution is -2.44. The monoisotopic (exact) mass is 274 g/mol. The third kappa shape index (κ3) is 3.68. The van der Waals surface area contributed by atoms with Gasteiger partial charge in [0.15, 0.2) is 0 Å². The molecule has 4 nitrogen and oxygen atoms in total. The molecule has 5 heteroatoms. The minimum absolute atomic E-state index is 0.278. The summed E-state index contributed by atoms with van der Waals surface area (Å²) in [6, 6.07) is 1.30. The van der Waals surface area contributed by atoms with Crippen LogP contribution in [0.25, 0.3) is 0 Å². The molecule has 1 N–H and O–H groups in total. The summed E-state index contributed by atoms with van der Waals surface area (Å²) in [6.07, 6.45) is 5.91. The molecule has 2 atom stereocenters. The predicted molar refractivity (Wildman–Crippen MR) is 74.6 cm³/mol. The van der Waals surface area contributed by atoms with Gasteiger partial charge in [0.1, 0.15) is 9.84 Å². The molecule has 2 aliphatic heterocycles. The molecule has 2 heterocycles. The summed E-state index contributed by atoms with van der Waals surface area (Å²) < 4.78 is 23.0. The minimum Gasteiger partial charge on any atom is -0.312 e. The van der Waals surface area contributed by atoms with Crippen molar-refractivity contribution in [1.82, 2.24) is 10.2 Å². The number of nitrogens with zero attached hydrogens (tertiary/aromatic N) is 1. The molecule has 2 unspecified atom stereocenters. The van der Waals surface area contributed by atoms with Gasteiger partial charge in [0.25, 0.3) is 0 Å². The number of nitrogens with one attached hydrogen (secondary N) is 1. The molecular formula is C13H26N2O2S. The van der Waals surface area contributed by atoms with Gasteiger partial charge in [-0.2, -0.15) is 0 Å². The quantitative estimate of drug-likeness (QED) is 0.786. The Bertz CT molecular complexity index is 350. The molecule has 0 aromatic heterocycles. The maximum atomic E-state index is 11.5. The number of rotatable bonds is 6. The molecular weight excluding hydrogens is 248 g/mol. The summed E-state index contributed by atoms with van der Waals surface area (Å²) in [5, 5.41) is 3.59. The fourth-order valence-electron chi connectivity index (χ4n) is 3.26. The lowest BCUT2D eigenvalue weighted by Gasteiger charge is -2.29. The lowest BCUT2D eigenvalue weighted by atomic mass is 10.0. The van der Waals surface area contributed by atoms with Gasteiger partial charge in [-0.3, -0.25) is 4.90 Å². The maximum Gasteiger partial charge on any atom is 0.150 e. The molecule has 18 heavy (non-hydrogen) atoms. The van der Waals surface area contributed by atoms with Gasteiger partial charge in [-0.25, -0.2) is 8.42 Å². The Hall–Kier alpha value is -0.130. The smallest absolute Gasteiger partial charge is 0.150 e. The van der Waals surface area contributed by atoms with Crippen molar-refractivity contribution in [3.05, 3.63) is 0 Å². The molecule has 0 saturated carbocycles. The Balaban J connectivity index is 1.77. The molecule has 0 amide bonds. The number of sulfone groups is 1. The largest absolute Gasteiger partial charge is 0.312 e. The number of hydrogen-bond donors (Lipinski definition) is 1. The summed E-state index contributed by atoms with van der Waals surface area (Å²) in [5.41, 5.74) is 0. The van der Waals surface area contributed by atoms with E-state index in [0.717, 1.165) is 26.1 Å². The van der Waals surface area contributed by atoms with E-state index in [1.807, 2.05) is 0 Å². The van der Waals surface area contributed by atoms with Gasteiger partial charge in [-0.05, 0) is 51.7 Å². The molecule has 0 aromatic carbocycles. The standard InChI is InChI=1S/C13H26N2O2S/c1-2-18(16,17)11-5-10-15-9-4-7-13(15)12-6-3-8-14-12/h12-14H,2-11H2,1H3. The van der Waals surface area contributed by atoms with Gasteiger partial charge in [0, 0.05) is 17.8 Å². The molecule has 0 spiro atoms. The van der Waals surface area contributed by atoms with Crippen molar-refractivity contribution in [2.75, 3.05) is 31.1 Å². The first kappa shape index (κ1) is 14.3. The molecule has 2 rings (SSSR count). The summed E-state index contributed by atoms with van der Waals surface area (Å²) in [4.78, 5) is 2.51. The maximum absolute atomic E-state index is 11.5. The van der Waals surface area contributed by atoms with Crippen LogP contribution in [0.15, 0.2) is 0 Å². The van der Waals surface area contributed by atoms with Crippen molar-refractivity contribution in [2.24, 2.45) is 0 Å². The zero-order valence-electron chi connectivity index (χ0n) is 11.4. The highest BCUT2D eigenvalue weighted by Crippen LogP contribution is 2.24. The van der Waals surface area contributed by atoms with Crippen LogP contribution in [0.5, 0.6) is 0 Å². The predicted octanol–water partition coefficient (Wildman–Crippen LogP) is 1.03. The zero-order valence-corrected chi connectivity index (χ0v) is 12.2. The highest BCUT2D eigenvalue weighted by atomic mass is 32.2. The summed E-state index contributed by atoms with van der Waals surface area (Å²) in [6.45, 7) is 4.98. The lowest BCUT2D eigenvalue weighted by molar-refractivity contribution is 0.215. The summed E-state index contributed by atoms with van der Waals surface area (Å²) in [5.74, 6) is 0.630. The van der Waals surface area contributed by atoms with E-state index in [2.05, 4.69) is 10.2 Å². The van der Waals surface area contributed by atoms with E-state index in [1.54, 1.807) is 6.92 Å². The molecule has 0 aliphatic carbocycles. The normalized spacial score (nSPS) is 30.1. The molecule has 2 saturated heterocycles. The molecule has 0 radical (unpaired) electrons. The average molecular weight is 274 g/mol. The first-order valence-corrected chi connectivity index (χ1v) is 9.12. The third-order valence-corrected chi connectivity index (χ3v) is 6.11. The van der Waals surface area contributed by atoms with E-state index in [-0.39, 0.29) is 5.75 Å². The van der Waals surface area contributed by atoms with Crippen molar-refractivity contribution in [1.29, 1.82) is 0 Å². The van der Waals surface area contributed by atoms with Crippen molar-refractivity contribution >= 4 is 9.84 Å². The third-order valence-electron chi connectivity index (χ3n) is 4.32. The van der Waals surface area contributed by atoms with E-state index >= 15 is 0 Å². The van der Waals surface area contributed by atoms with Crippen LogP contribution < -0.4 is 5.32 Å². The topological polar surface area (TPSA) is 49.4 Å². The van der Waals surface area contributed by atoms with Gasteiger partial charge in [-0.15, -0.1) is 0 Å². The van der Waals surface area contributed by atoms with Crippen molar-refractivity contribution in [2.45, 2.75) is 51.1 Å². The van der Waals surface area contributed by atoms with Gasteiger partial charge < -0.3 is 5.32 Å². The van der Waals surface area contributed by atoms with Crippen LogP contribution >= 0.6 is 0 Å². The molecule has 0 aromatic rings. The van der Waals surface area contributed by atoms with Gasteiger partial charge in [-0.1, -0.05) is 6.92 Å². The minimum atomic E-state index is -2.79. The first-order chi connectivity index (χ1) is 8.62. The fourth-order valence-corrected chi connectivity index (χ4v) is 4.11. The van der Waals surface area contributed by atoms with Crippen LogP contribution in [-0.4, -0.2) is 56.5 Å². The van der Waals surface area contributed by atoms with Crippen LogP contribution in [-0.2, 0) is 9.84 Å². The Morgan fingerprint density at radius 1 is 1.28 bits per heavy atom. The summed E-state index contributed by atoms with van der Waals surface area (Å²) in [7, 11) is -2.79. The van der Waals surface area contributed by atoms with E-state index in [0.29, 0.717) is 17.8 Å². The van der Waals surface area contributed by atoms with E-state index in [4.69, 9.17) is 0 Å². The zero-order chi connectivity index (χ0) is 13.0. The molecule has 2 fully saturated rings. The van der Waals surface area contributed by atoms with Crippen LogP contribution in [0.4, 0.5) is 0 Å². The SMILES string of the molecule is CCS(=O)(=O)CCCN1CCCC1C1CCCN1. The Kier molecular flexibility index (Phi) is 5.04. The number of likely N-dealkylation sites (tertiary alicyclic amines) is 1. The first-order valence-electron chi connectivity index (χ1n) is 7.30. The Morgan fingerprint density at radius 3 is 2.78 bits per heavy atom. The van der Waals surface area contributed by atoms with Crippen molar-refractivity contribution in [3.63, 3.8) is 0 Å². The van der Waals surface area contributed by atoms with Crippen molar-refractivity contribution in [3.8, 4) is 0 Å². The number of hydrogen-bond acceptors (Lipinski definition) is 4. The van der Waals surface area contributed by atoms with E-state index in [1.165, 1.54) is 25.7 Å². The van der Waals surface area contributed by atoms with Crippen LogP contribution in [0, 0.1) is 0 Å². The average Bonchev–Trinajstić information content (AvgIpc) is 2.98. The molecule has 2 aliphatic rings. The second-order valence-corrected chi connectivity index (χ2v) is 8.01. The second kappa shape index (κ2) is 6.35. The fraction of sp³-hybridized carbons (Fsp3) is 1.00. The molecule has 106 valence electrons. The van der Waals surface area contributed by atoms with Gasteiger partial charge in [0.2, 0.25) is 0 Å². The highest BCUT2D eigenvalue weighted by molar-refractivity contribution is 7.91.